The molecule has 3 rings (SSSR count). The number of carboxylic acid groups (broad SMARTS) is 1. The number of ether oxygens (including phenoxy) is 1. The van der Waals surface area contributed by atoms with Crippen LogP contribution in [-0.4, -0.2) is 41.1 Å². The SMILES string of the molecule is Cc1coc(CC(=O)O)c1C(=O)N1CC(c2ccccc2Cl)OCC1C. The van der Waals surface area contributed by atoms with E-state index in [0.717, 1.165) is 5.56 Å². The van der Waals surface area contributed by atoms with Gasteiger partial charge in [0.15, 0.2) is 0 Å². The van der Waals surface area contributed by atoms with Crippen molar-refractivity contribution in [1.29, 1.82) is 0 Å². The van der Waals surface area contributed by atoms with Gasteiger partial charge in [0.2, 0.25) is 0 Å². The van der Waals surface area contributed by atoms with Gasteiger partial charge in [-0.05, 0) is 19.9 Å². The van der Waals surface area contributed by atoms with Crippen molar-refractivity contribution in [1.82, 2.24) is 4.90 Å². The van der Waals surface area contributed by atoms with E-state index in [9.17, 15) is 9.59 Å². The van der Waals surface area contributed by atoms with E-state index in [0.29, 0.717) is 29.3 Å². The molecule has 2 atom stereocenters. The number of rotatable bonds is 4. The van der Waals surface area contributed by atoms with Crippen LogP contribution in [0.3, 0.4) is 0 Å². The maximum absolute atomic E-state index is 13.1. The molecule has 138 valence electrons. The molecule has 2 heterocycles. The second-order valence-corrected chi connectivity index (χ2v) is 6.84. The van der Waals surface area contributed by atoms with Gasteiger partial charge in [0.1, 0.15) is 18.3 Å². The predicted molar refractivity (Wildman–Crippen MR) is 95.4 cm³/mol. The predicted octanol–water partition coefficient (Wildman–Crippen LogP) is 3.47. The summed E-state index contributed by atoms with van der Waals surface area (Å²) in [5, 5.41) is 9.63. The minimum Gasteiger partial charge on any atom is -0.481 e. The standard InChI is InChI=1S/C19H20ClNO5/c1-11-9-25-15(7-17(22)23)18(11)19(24)21-8-16(26-10-12(21)2)13-5-3-4-6-14(13)20/h3-6,9,12,16H,7-8,10H2,1-2H3,(H,22,23). The lowest BCUT2D eigenvalue weighted by molar-refractivity contribution is -0.136. The lowest BCUT2D eigenvalue weighted by Crippen LogP contribution is -2.48. The van der Waals surface area contributed by atoms with Crippen molar-refractivity contribution >= 4 is 23.5 Å². The number of aryl methyl sites for hydroxylation is 1. The number of aliphatic carboxylic acids is 1. The minimum atomic E-state index is -1.04. The number of nitrogens with zero attached hydrogens (tertiary/aromatic N) is 1. The van der Waals surface area contributed by atoms with Crippen molar-refractivity contribution in [3.8, 4) is 0 Å². The lowest BCUT2D eigenvalue weighted by Gasteiger charge is -2.38. The number of hydrogen-bond acceptors (Lipinski definition) is 4. The molecule has 1 N–H and O–H groups in total. The van der Waals surface area contributed by atoms with E-state index in [2.05, 4.69) is 0 Å². The monoisotopic (exact) mass is 377 g/mol. The van der Waals surface area contributed by atoms with Gasteiger partial charge in [-0.15, -0.1) is 0 Å². The van der Waals surface area contributed by atoms with Crippen LogP contribution in [0.25, 0.3) is 0 Å². The number of carbonyl (C=O) groups is 2. The average molecular weight is 378 g/mol. The van der Waals surface area contributed by atoms with E-state index in [1.54, 1.807) is 17.9 Å². The number of amides is 1. The highest BCUT2D eigenvalue weighted by molar-refractivity contribution is 6.31. The van der Waals surface area contributed by atoms with Crippen LogP contribution in [0.2, 0.25) is 5.02 Å². The number of carboxylic acids is 1. The third-order valence-electron chi connectivity index (χ3n) is 4.52. The molecule has 0 spiro atoms. The van der Waals surface area contributed by atoms with E-state index in [1.165, 1.54) is 6.26 Å². The van der Waals surface area contributed by atoms with Crippen LogP contribution in [0.15, 0.2) is 34.9 Å². The van der Waals surface area contributed by atoms with E-state index < -0.39 is 5.97 Å². The van der Waals surface area contributed by atoms with Crippen LogP contribution in [0, 0.1) is 6.92 Å². The zero-order valence-corrected chi connectivity index (χ0v) is 15.3. The molecule has 0 radical (unpaired) electrons. The molecular formula is C19H20ClNO5. The van der Waals surface area contributed by atoms with Gasteiger partial charge in [-0.2, -0.15) is 0 Å². The zero-order valence-electron chi connectivity index (χ0n) is 14.6. The number of morpholine rings is 1. The van der Waals surface area contributed by atoms with Gasteiger partial charge in [0.25, 0.3) is 5.91 Å². The van der Waals surface area contributed by atoms with Crippen molar-refractivity contribution < 1.29 is 23.8 Å². The Hall–Kier alpha value is -2.31. The molecule has 0 saturated carbocycles. The van der Waals surface area contributed by atoms with Gasteiger partial charge >= 0.3 is 5.97 Å². The molecule has 1 aromatic carbocycles. The number of hydrogen-bond donors (Lipinski definition) is 1. The molecule has 2 unspecified atom stereocenters. The van der Waals surface area contributed by atoms with Crippen molar-refractivity contribution in [2.45, 2.75) is 32.4 Å². The highest BCUT2D eigenvalue weighted by Gasteiger charge is 2.34. The molecule has 1 aliphatic rings. The summed E-state index contributed by atoms with van der Waals surface area (Å²) in [5.41, 5.74) is 1.77. The number of carbonyl (C=O) groups excluding carboxylic acids is 1. The third kappa shape index (κ3) is 3.61. The van der Waals surface area contributed by atoms with Crippen molar-refractivity contribution in [2.24, 2.45) is 0 Å². The Morgan fingerprint density at radius 2 is 2.08 bits per heavy atom. The van der Waals surface area contributed by atoms with Crippen LogP contribution in [0.4, 0.5) is 0 Å². The molecule has 1 saturated heterocycles. The molecule has 1 aromatic heterocycles. The fourth-order valence-electron chi connectivity index (χ4n) is 3.16. The van der Waals surface area contributed by atoms with E-state index in [1.807, 2.05) is 25.1 Å². The van der Waals surface area contributed by atoms with Gasteiger partial charge in [0.05, 0.1) is 31.0 Å². The first-order valence-corrected chi connectivity index (χ1v) is 8.72. The number of furan rings is 1. The van der Waals surface area contributed by atoms with Crippen LogP contribution in [0.1, 0.15) is 40.3 Å². The summed E-state index contributed by atoms with van der Waals surface area (Å²) in [6.07, 6.45) is 0.753. The lowest BCUT2D eigenvalue weighted by atomic mass is 10.0. The summed E-state index contributed by atoms with van der Waals surface area (Å²) in [4.78, 5) is 25.9. The summed E-state index contributed by atoms with van der Waals surface area (Å²) < 4.78 is 11.2. The highest BCUT2D eigenvalue weighted by atomic mass is 35.5. The van der Waals surface area contributed by atoms with Gasteiger partial charge in [-0.3, -0.25) is 9.59 Å². The fourth-order valence-corrected chi connectivity index (χ4v) is 3.42. The first kappa shape index (κ1) is 18.5. The Morgan fingerprint density at radius 3 is 2.77 bits per heavy atom. The maximum Gasteiger partial charge on any atom is 0.311 e. The normalized spacial score (nSPS) is 20.2. The summed E-state index contributed by atoms with van der Waals surface area (Å²) in [5.74, 6) is -1.12. The molecule has 1 amide bonds. The smallest absolute Gasteiger partial charge is 0.311 e. The fraction of sp³-hybridized carbons (Fsp3) is 0.368. The summed E-state index contributed by atoms with van der Waals surface area (Å²) in [7, 11) is 0. The first-order valence-electron chi connectivity index (χ1n) is 8.34. The second-order valence-electron chi connectivity index (χ2n) is 6.44. The second kappa shape index (κ2) is 7.51. The Morgan fingerprint density at radius 1 is 1.35 bits per heavy atom. The molecule has 6 nitrogen and oxygen atoms in total. The van der Waals surface area contributed by atoms with Gasteiger partial charge < -0.3 is 19.2 Å². The highest BCUT2D eigenvalue weighted by Crippen LogP contribution is 2.31. The summed E-state index contributed by atoms with van der Waals surface area (Å²) >= 11 is 6.26. The number of benzene rings is 1. The van der Waals surface area contributed by atoms with Crippen molar-refractivity contribution in [3.05, 3.63) is 58.0 Å². The quantitative estimate of drug-likeness (QED) is 0.882. The molecule has 26 heavy (non-hydrogen) atoms. The molecule has 0 bridgehead atoms. The van der Waals surface area contributed by atoms with Gasteiger partial charge in [-0.25, -0.2) is 0 Å². The number of halogens is 1. The van der Waals surface area contributed by atoms with E-state index >= 15 is 0 Å². The Labute approximate surface area is 156 Å². The summed E-state index contributed by atoms with van der Waals surface area (Å²) in [6.45, 7) is 4.33. The Balaban J connectivity index is 1.88. The summed E-state index contributed by atoms with van der Waals surface area (Å²) in [6, 6.07) is 7.24. The molecule has 7 heteroatoms. The molecule has 0 aliphatic carbocycles. The van der Waals surface area contributed by atoms with Crippen LogP contribution in [0.5, 0.6) is 0 Å². The van der Waals surface area contributed by atoms with Crippen LogP contribution >= 0.6 is 11.6 Å². The van der Waals surface area contributed by atoms with Crippen molar-refractivity contribution in [3.63, 3.8) is 0 Å². The van der Waals surface area contributed by atoms with Gasteiger partial charge in [-0.1, -0.05) is 29.8 Å². The van der Waals surface area contributed by atoms with E-state index in [4.69, 9.17) is 25.9 Å². The minimum absolute atomic E-state index is 0.145. The zero-order chi connectivity index (χ0) is 18.8. The Bertz CT molecular complexity index is 831. The topological polar surface area (TPSA) is 80.0 Å². The molecular weight excluding hydrogens is 358 g/mol. The molecule has 1 aliphatic heterocycles. The van der Waals surface area contributed by atoms with Gasteiger partial charge in [0, 0.05) is 16.1 Å². The van der Waals surface area contributed by atoms with Crippen molar-refractivity contribution in [2.75, 3.05) is 13.2 Å². The third-order valence-corrected chi connectivity index (χ3v) is 4.87. The van der Waals surface area contributed by atoms with E-state index in [-0.39, 0.29) is 30.2 Å². The molecule has 2 aromatic rings. The maximum atomic E-state index is 13.1. The first-order chi connectivity index (χ1) is 12.4. The Kier molecular flexibility index (Phi) is 5.34. The van der Waals surface area contributed by atoms with Crippen LogP contribution in [-0.2, 0) is 16.0 Å². The van der Waals surface area contributed by atoms with Crippen LogP contribution < -0.4 is 0 Å². The average Bonchev–Trinajstić information content (AvgIpc) is 2.95. The largest absolute Gasteiger partial charge is 0.481 e. The molecule has 1 fully saturated rings.